The Hall–Kier alpha value is -1.73. The van der Waals surface area contributed by atoms with Crippen molar-refractivity contribution in [3.63, 3.8) is 0 Å². The predicted octanol–water partition coefficient (Wildman–Crippen LogP) is 2.51. The number of nitrogens with zero attached hydrogens (tertiary/aromatic N) is 2. The van der Waals surface area contributed by atoms with Gasteiger partial charge >= 0.3 is 0 Å². The molecule has 1 aromatic rings. The number of Topliss-reactive ketones (excluding diaryl/α,β-unsaturated/α-hetero) is 1. The van der Waals surface area contributed by atoms with E-state index in [1.807, 2.05) is 17.0 Å². The van der Waals surface area contributed by atoms with Gasteiger partial charge in [0.15, 0.2) is 5.78 Å². The Morgan fingerprint density at radius 3 is 2.19 bits per heavy atom. The molecule has 3 rings (SSSR count). The van der Waals surface area contributed by atoms with Crippen molar-refractivity contribution in [3.05, 3.63) is 34.3 Å². The van der Waals surface area contributed by atoms with Crippen LogP contribution in [0.1, 0.15) is 36.0 Å². The number of ketones is 1. The Bertz CT molecular complexity index is 678. The molecular weight excluding hydrogens is 412 g/mol. The number of benzene rings is 1. The zero-order valence-electron chi connectivity index (χ0n) is 15.4. The van der Waals surface area contributed by atoms with Crippen LogP contribution >= 0.6 is 15.9 Å². The van der Waals surface area contributed by atoms with Gasteiger partial charge in [0.2, 0.25) is 11.8 Å². The van der Waals surface area contributed by atoms with E-state index in [0.717, 1.165) is 4.47 Å². The summed E-state index contributed by atoms with van der Waals surface area (Å²) >= 11 is 3.34. The van der Waals surface area contributed by atoms with Gasteiger partial charge in [0, 0.05) is 55.0 Å². The highest BCUT2D eigenvalue weighted by molar-refractivity contribution is 9.10. The molecule has 27 heavy (non-hydrogen) atoms. The summed E-state index contributed by atoms with van der Waals surface area (Å²) in [4.78, 5) is 40.8. The van der Waals surface area contributed by atoms with Gasteiger partial charge in [0.25, 0.3) is 0 Å². The van der Waals surface area contributed by atoms with Gasteiger partial charge in [-0.25, -0.2) is 0 Å². The summed E-state index contributed by atoms with van der Waals surface area (Å²) in [6, 6.07) is 7.18. The number of likely N-dealkylation sites (tertiary alicyclic amines) is 1. The van der Waals surface area contributed by atoms with Crippen LogP contribution in [0.3, 0.4) is 0 Å². The third-order valence-corrected chi connectivity index (χ3v) is 5.78. The Balaban J connectivity index is 1.42. The molecule has 2 aliphatic rings. The summed E-state index contributed by atoms with van der Waals surface area (Å²) in [5.41, 5.74) is 0.626. The molecule has 0 unspecified atom stereocenters. The highest BCUT2D eigenvalue weighted by atomic mass is 79.9. The average Bonchev–Trinajstić information content (AvgIpc) is 2.72. The number of ether oxygens (including phenoxy) is 1. The summed E-state index contributed by atoms with van der Waals surface area (Å²) in [5.74, 6) is 0.165. The third-order valence-electron chi connectivity index (χ3n) is 5.25. The minimum absolute atomic E-state index is 0.00210. The zero-order chi connectivity index (χ0) is 19.2. The zero-order valence-corrected chi connectivity index (χ0v) is 16.9. The fourth-order valence-electron chi connectivity index (χ4n) is 3.58. The Morgan fingerprint density at radius 1 is 0.926 bits per heavy atom. The highest BCUT2D eigenvalue weighted by Gasteiger charge is 2.30. The van der Waals surface area contributed by atoms with Crippen LogP contribution in [0.4, 0.5) is 0 Å². The number of hydrogen-bond donors (Lipinski definition) is 0. The molecule has 2 heterocycles. The van der Waals surface area contributed by atoms with E-state index in [1.165, 1.54) is 0 Å². The van der Waals surface area contributed by atoms with E-state index in [2.05, 4.69) is 15.9 Å². The van der Waals surface area contributed by atoms with Crippen LogP contribution in [0, 0.1) is 5.92 Å². The van der Waals surface area contributed by atoms with Crippen LogP contribution in [0.5, 0.6) is 0 Å². The molecule has 0 N–H and O–H groups in total. The van der Waals surface area contributed by atoms with Crippen molar-refractivity contribution in [2.24, 2.45) is 5.92 Å². The summed E-state index contributed by atoms with van der Waals surface area (Å²) in [6.07, 6.45) is 1.83. The van der Waals surface area contributed by atoms with E-state index in [-0.39, 0.29) is 36.4 Å². The van der Waals surface area contributed by atoms with E-state index < -0.39 is 0 Å². The first-order valence-corrected chi connectivity index (χ1v) is 10.3. The van der Waals surface area contributed by atoms with Gasteiger partial charge in [-0.3, -0.25) is 14.4 Å². The number of morpholine rings is 1. The molecule has 1 aromatic carbocycles. The molecule has 0 saturated carbocycles. The van der Waals surface area contributed by atoms with Gasteiger partial charge in [-0.15, -0.1) is 0 Å². The third kappa shape index (κ3) is 5.39. The SMILES string of the molecule is O=C(CCC(=O)N1CCC(C(=O)N2CCOCC2)CC1)c1ccc(Br)cc1. The van der Waals surface area contributed by atoms with Crippen molar-refractivity contribution >= 4 is 33.5 Å². The topological polar surface area (TPSA) is 66.9 Å². The predicted molar refractivity (Wildman–Crippen MR) is 104 cm³/mol. The van der Waals surface area contributed by atoms with Gasteiger partial charge in [-0.1, -0.05) is 28.1 Å². The fraction of sp³-hybridized carbons (Fsp3) is 0.550. The van der Waals surface area contributed by atoms with E-state index in [0.29, 0.717) is 57.8 Å². The van der Waals surface area contributed by atoms with Gasteiger partial charge in [0.05, 0.1) is 13.2 Å². The number of carbonyl (C=O) groups excluding carboxylic acids is 3. The fourth-order valence-corrected chi connectivity index (χ4v) is 3.84. The van der Waals surface area contributed by atoms with Crippen LogP contribution in [0.15, 0.2) is 28.7 Å². The van der Waals surface area contributed by atoms with Crippen molar-refractivity contribution in [1.82, 2.24) is 9.80 Å². The largest absolute Gasteiger partial charge is 0.378 e. The Kier molecular flexibility index (Phi) is 7.01. The summed E-state index contributed by atoms with van der Waals surface area (Å²) in [6.45, 7) is 3.72. The normalized spacial score (nSPS) is 18.4. The molecule has 0 spiro atoms. The standard InChI is InChI=1S/C20H25BrN2O4/c21-17-3-1-15(2-4-17)18(24)5-6-19(25)22-9-7-16(8-10-22)20(26)23-11-13-27-14-12-23/h1-4,16H,5-14H2. The second kappa shape index (κ2) is 9.46. The first-order chi connectivity index (χ1) is 13.0. The number of carbonyl (C=O) groups is 3. The van der Waals surface area contributed by atoms with Crippen molar-refractivity contribution in [2.45, 2.75) is 25.7 Å². The lowest BCUT2D eigenvalue weighted by atomic mass is 9.94. The van der Waals surface area contributed by atoms with Crippen molar-refractivity contribution in [1.29, 1.82) is 0 Å². The average molecular weight is 437 g/mol. The van der Waals surface area contributed by atoms with Crippen LogP contribution in [-0.4, -0.2) is 66.8 Å². The summed E-state index contributed by atoms with van der Waals surface area (Å²) in [5, 5.41) is 0. The summed E-state index contributed by atoms with van der Waals surface area (Å²) in [7, 11) is 0. The molecule has 0 atom stereocenters. The lowest BCUT2D eigenvalue weighted by Gasteiger charge is -2.35. The van der Waals surface area contributed by atoms with Crippen LogP contribution in [-0.2, 0) is 14.3 Å². The first kappa shape index (κ1) is 20.0. The first-order valence-electron chi connectivity index (χ1n) is 9.47. The maximum absolute atomic E-state index is 12.5. The second-order valence-electron chi connectivity index (χ2n) is 7.02. The van der Waals surface area contributed by atoms with Gasteiger partial charge in [0.1, 0.15) is 0 Å². The molecule has 2 fully saturated rings. The quantitative estimate of drug-likeness (QED) is 0.665. The summed E-state index contributed by atoms with van der Waals surface area (Å²) < 4.78 is 6.21. The molecule has 0 aliphatic carbocycles. The smallest absolute Gasteiger partial charge is 0.225 e. The molecule has 0 bridgehead atoms. The van der Waals surface area contributed by atoms with E-state index in [1.54, 1.807) is 17.0 Å². The van der Waals surface area contributed by atoms with Crippen molar-refractivity contribution < 1.29 is 19.1 Å². The molecule has 6 nitrogen and oxygen atoms in total. The second-order valence-corrected chi connectivity index (χ2v) is 7.94. The maximum Gasteiger partial charge on any atom is 0.225 e. The van der Waals surface area contributed by atoms with Crippen LogP contribution in [0.2, 0.25) is 0 Å². The van der Waals surface area contributed by atoms with Crippen molar-refractivity contribution in [2.75, 3.05) is 39.4 Å². The minimum Gasteiger partial charge on any atom is -0.378 e. The van der Waals surface area contributed by atoms with Crippen LogP contribution in [0.25, 0.3) is 0 Å². The van der Waals surface area contributed by atoms with Gasteiger partial charge < -0.3 is 14.5 Å². The monoisotopic (exact) mass is 436 g/mol. The molecule has 146 valence electrons. The van der Waals surface area contributed by atoms with E-state index >= 15 is 0 Å². The Labute approximate surface area is 168 Å². The van der Waals surface area contributed by atoms with Crippen molar-refractivity contribution in [3.8, 4) is 0 Å². The molecule has 0 aromatic heterocycles. The van der Waals surface area contributed by atoms with E-state index in [4.69, 9.17) is 4.74 Å². The number of amides is 2. The highest BCUT2D eigenvalue weighted by Crippen LogP contribution is 2.21. The molecular formula is C20H25BrN2O4. The number of halogens is 1. The van der Waals surface area contributed by atoms with Gasteiger partial charge in [-0.2, -0.15) is 0 Å². The molecule has 2 amide bonds. The van der Waals surface area contributed by atoms with E-state index in [9.17, 15) is 14.4 Å². The number of hydrogen-bond acceptors (Lipinski definition) is 4. The molecule has 7 heteroatoms. The number of piperidine rings is 1. The molecule has 0 radical (unpaired) electrons. The van der Waals surface area contributed by atoms with Gasteiger partial charge in [-0.05, 0) is 25.0 Å². The van der Waals surface area contributed by atoms with Crippen LogP contribution < -0.4 is 0 Å². The minimum atomic E-state index is -0.0202. The molecule has 2 saturated heterocycles. The Morgan fingerprint density at radius 2 is 1.56 bits per heavy atom. The maximum atomic E-state index is 12.5. The lowest BCUT2D eigenvalue weighted by Crippen LogP contribution is -2.47. The number of rotatable bonds is 5. The lowest BCUT2D eigenvalue weighted by molar-refractivity contribution is -0.143. The molecule has 2 aliphatic heterocycles.